The fourth-order valence-electron chi connectivity index (χ4n) is 8.62. The summed E-state index contributed by atoms with van der Waals surface area (Å²) in [6.45, 7) is 6.98. The number of aliphatic hydroxyl groups excluding tert-OH is 1. The molecule has 5 rings (SSSR count). The number of hydrogen-bond donors (Lipinski definition) is 2. The molecule has 0 bridgehead atoms. The van der Waals surface area contributed by atoms with E-state index in [1.807, 2.05) is 0 Å². The summed E-state index contributed by atoms with van der Waals surface area (Å²) in [5.41, 5.74) is 2.64. The van der Waals surface area contributed by atoms with Crippen molar-refractivity contribution in [2.75, 3.05) is 7.11 Å². The largest absolute Gasteiger partial charge is 0.400 e. The van der Waals surface area contributed by atoms with Crippen molar-refractivity contribution in [2.24, 2.45) is 34.5 Å². The summed E-state index contributed by atoms with van der Waals surface area (Å²) in [5.74, 6) is 3.03. The SMILES string of the molecule is CO.C[C@]12CCC(=O)C=C1C[C@@H](CCCCc1ccccc1)C1C2CC[C@@]2(C)C1CC[C@]2(C)O. The van der Waals surface area contributed by atoms with Crippen LogP contribution in [0.5, 0.6) is 0 Å². The molecule has 1 aromatic carbocycles. The third-order valence-electron chi connectivity index (χ3n) is 10.8. The van der Waals surface area contributed by atoms with Crippen molar-refractivity contribution in [2.45, 2.75) is 97.0 Å². The quantitative estimate of drug-likeness (QED) is 0.486. The van der Waals surface area contributed by atoms with Crippen molar-refractivity contribution in [3.05, 3.63) is 47.5 Å². The molecule has 0 aliphatic heterocycles. The Labute approximate surface area is 207 Å². The minimum Gasteiger partial charge on any atom is -0.400 e. The fourth-order valence-corrected chi connectivity index (χ4v) is 8.62. The number of aliphatic hydroxyl groups is 2. The molecule has 0 aromatic heterocycles. The molecular formula is C31H46O3. The fraction of sp³-hybridized carbons (Fsp3) is 0.710. The van der Waals surface area contributed by atoms with E-state index in [-0.39, 0.29) is 10.8 Å². The van der Waals surface area contributed by atoms with E-state index >= 15 is 0 Å². The molecule has 4 aliphatic rings. The monoisotopic (exact) mass is 466 g/mol. The van der Waals surface area contributed by atoms with Crippen LogP contribution in [0.1, 0.15) is 90.5 Å². The van der Waals surface area contributed by atoms with Gasteiger partial charge in [-0.25, -0.2) is 0 Å². The molecule has 0 heterocycles. The first-order chi connectivity index (χ1) is 16.2. The van der Waals surface area contributed by atoms with Gasteiger partial charge in [0.25, 0.3) is 0 Å². The van der Waals surface area contributed by atoms with Crippen LogP contribution in [0, 0.1) is 34.5 Å². The third kappa shape index (κ3) is 4.32. The number of benzene rings is 1. The van der Waals surface area contributed by atoms with Crippen LogP contribution < -0.4 is 0 Å². The Hall–Kier alpha value is -1.45. The zero-order valence-corrected chi connectivity index (χ0v) is 21.9. The maximum Gasteiger partial charge on any atom is 0.155 e. The number of carbonyl (C=O) groups is 1. The second kappa shape index (κ2) is 9.90. The number of ketones is 1. The number of rotatable bonds is 5. The first kappa shape index (κ1) is 25.6. The summed E-state index contributed by atoms with van der Waals surface area (Å²) in [4.78, 5) is 12.4. The van der Waals surface area contributed by atoms with E-state index in [2.05, 4.69) is 57.2 Å². The van der Waals surface area contributed by atoms with E-state index < -0.39 is 5.60 Å². The van der Waals surface area contributed by atoms with E-state index in [0.717, 1.165) is 45.6 Å². The zero-order valence-electron chi connectivity index (χ0n) is 21.9. The first-order valence-corrected chi connectivity index (χ1v) is 13.7. The topological polar surface area (TPSA) is 57.5 Å². The standard InChI is InChI=1S/C30H42O2.CH4O/c1-28-16-13-24(31)20-23(28)19-22(12-8-7-11-21-9-5-4-6-10-21)27-25(28)14-17-29(2)26(27)15-18-30(29,3)32;1-2/h4-6,9-10,20,22,25-27,32H,7-8,11-19H2,1-3H3;2H,1H3/t22-,25?,26?,27?,28+,29+,30+;/m1./s1. The number of fused-ring (bicyclic) bond motifs is 5. The summed E-state index contributed by atoms with van der Waals surface area (Å²) < 4.78 is 0. The van der Waals surface area contributed by atoms with Gasteiger partial charge in [-0.2, -0.15) is 0 Å². The summed E-state index contributed by atoms with van der Waals surface area (Å²) in [6, 6.07) is 10.9. The molecule has 188 valence electrons. The Balaban J connectivity index is 0.00000133. The maximum atomic E-state index is 12.4. The number of hydrogen-bond acceptors (Lipinski definition) is 3. The summed E-state index contributed by atoms with van der Waals surface area (Å²) >= 11 is 0. The van der Waals surface area contributed by atoms with Crippen LogP contribution in [0.3, 0.4) is 0 Å². The van der Waals surface area contributed by atoms with Gasteiger partial charge in [0.2, 0.25) is 0 Å². The minimum atomic E-state index is -0.528. The average molecular weight is 467 g/mol. The van der Waals surface area contributed by atoms with Crippen molar-refractivity contribution >= 4 is 5.78 Å². The van der Waals surface area contributed by atoms with Crippen molar-refractivity contribution in [3.63, 3.8) is 0 Å². The van der Waals surface area contributed by atoms with Crippen LogP contribution in [0.15, 0.2) is 42.0 Å². The highest BCUT2D eigenvalue weighted by atomic mass is 16.3. The zero-order chi connectivity index (χ0) is 24.6. The number of allylic oxidation sites excluding steroid dienone is 1. The van der Waals surface area contributed by atoms with Gasteiger partial charge >= 0.3 is 0 Å². The van der Waals surface area contributed by atoms with Crippen LogP contribution in [-0.2, 0) is 11.2 Å². The Morgan fingerprint density at radius 2 is 1.65 bits per heavy atom. The molecule has 0 saturated heterocycles. The lowest BCUT2D eigenvalue weighted by molar-refractivity contribution is -0.135. The van der Waals surface area contributed by atoms with Gasteiger partial charge in [0.1, 0.15) is 0 Å². The van der Waals surface area contributed by atoms with Crippen molar-refractivity contribution in [1.29, 1.82) is 0 Å². The smallest absolute Gasteiger partial charge is 0.155 e. The highest BCUT2D eigenvalue weighted by Crippen LogP contribution is 2.69. The molecule has 1 aromatic rings. The van der Waals surface area contributed by atoms with Gasteiger partial charge in [-0.05, 0) is 111 Å². The number of unbranched alkanes of at least 4 members (excludes halogenated alkanes) is 1. The van der Waals surface area contributed by atoms with Gasteiger partial charge in [-0.3, -0.25) is 4.79 Å². The van der Waals surface area contributed by atoms with Gasteiger partial charge < -0.3 is 10.2 Å². The van der Waals surface area contributed by atoms with Crippen LogP contribution in [0.4, 0.5) is 0 Å². The molecule has 3 saturated carbocycles. The average Bonchev–Trinajstić information content (AvgIpc) is 3.08. The molecule has 0 spiro atoms. The normalized spacial score (nSPS) is 40.9. The van der Waals surface area contributed by atoms with E-state index in [1.165, 1.54) is 43.2 Å². The molecule has 4 aliphatic carbocycles. The van der Waals surface area contributed by atoms with E-state index in [1.54, 1.807) is 0 Å². The highest BCUT2D eigenvalue weighted by Gasteiger charge is 2.64. The summed E-state index contributed by atoms with van der Waals surface area (Å²) in [5, 5.41) is 18.3. The predicted molar refractivity (Wildman–Crippen MR) is 138 cm³/mol. The van der Waals surface area contributed by atoms with Gasteiger partial charge in [0.05, 0.1) is 5.60 Å². The maximum absolute atomic E-state index is 12.4. The van der Waals surface area contributed by atoms with Crippen molar-refractivity contribution in [3.8, 4) is 0 Å². The predicted octanol–water partition coefficient (Wildman–Crippen LogP) is 6.52. The molecule has 3 heteroatoms. The van der Waals surface area contributed by atoms with Gasteiger partial charge in [0, 0.05) is 13.5 Å². The number of aryl methyl sites for hydroxylation is 1. The minimum absolute atomic E-state index is 0.0541. The Bertz CT molecular complexity index is 887. The van der Waals surface area contributed by atoms with E-state index in [4.69, 9.17) is 5.11 Å². The van der Waals surface area contributed by atoms with Gasteiger partial charge in [0.15, 0.2) is 5.78 Å². The molecule has 3 fully saturated rings. The lowest BCUT2D eigenvalue weighted by Crippen LogP contribution is -2.56. The van der Waals surface area contributed by atoms with Crippen molar-refractivity contribution in [1.82, 2.24) is 0 Å². The van der Waals surface area contributed by atoms with Crippen LogP contribution in [-0.4, -0.2) is 28.7 Å². The summed E-state index contributed by atoms with van der Waals surface area (Å²) in [6.07, 6.45) is 14.4. The van der Waals surface area contributed by atoms with Gasteiger partial charge in [-0.1, -0.05) is 56.2 Å². The Morgan fingerprint density at radius 1 is 0.941 bits per heavy atom. The van der Waals surface area contributed by atoms with Crippen LogP contribution in [0.25, 0.3) is 0 Å². The third-order valence-corrected chi connectivity index (χ3v) is 10.8. The Morgan fingerprint density at radius 3 is 2.38 bits per heavy atom. The molecule has 3 unspecified atom stereocenters. The first-order valence-electron chi connectivity index (χ1n) is 13.7. The van der Waals surface area contributed by atoms with Crippen LogP contribution in [0.2, 0.25) is 0 Å². The van der Waals surface area contributed by atoms with Gasteiger partial charge in [-0.15, -0.1) is 0 Å². The van der Waals surface area contributed by atoms with Crippen molar-refractivity contribution < 1.29 is 15.0 Å². The molecule has 7 atom stereocenters. The molecule has 0 amide bonds. The second-order valence-corrected chi connectivity index (χ2v) is 12.3. The Kier molecular flexibility index (Phi) is 7.46. The lowest BCUT2D eigenvalue weighted by Gasteiger charge is -2.61. The summed E-state index contributed by atoms with van der Waals surface area (Å²) in [7, 11) is 1.00. The lowest BCUT2D eigenvalue weighted by atomic mass is 9.44. The van der Waals surface area contributed by atoms with Crippen LogP contribution >= 0.6 is 0 Å². The highest BCUT2D eigenvalue weighted by molar-refractivity contribution is 5.91. The van der Waals surface area contributed by atoms with E-state index in [9.17, 15) is 9.90 Å². The molecule has 0 radical (unpaired) electrons. The molecule has 2 N–H and O–H groups in total. The van der Waals surface area contributed by atoms with E-state index in [0.29, 0.717) is 29.5 Å². The molecule has 34 heavy (non-hydrogen) atoms. The number of carbonyl (C=O) groups excluding carboxylic acids is 1. The molecule has 3 nitrogen and oxygen atoms in total. The molecular weight excluding hydrogens is 420 g/mol. The second-order valence-electron chi connectivity index (χ2n) is 12.3.